The summed E-state index contributed by atoms with van der Waals surface area (Å²) in [5.74, 6) is -0.560. The molecule has 1 aromatic heterocycles. The molecule has 0 aromatic carbocycles. The Hall–Kier alpha value is -1.45. The number of amides is 1. The van der Waals surface area contributed by atoms with Crippen LogP contribution in [-0.2, 0) is 21.2 Å². The van der Waals surface area contributed by atoms with Gasteiger partial charge < -0.3 is 10.1 Å². The van der Waals surface area contributed by atoms with Crippen molar-refractivity contribution in [1.29, 1.82) is 0 Å². The molecular formula is C10H16N4O4S. The Kier molecular flexibility index (Phi) is 3.88. The smallest absolute Gasteiger partial charge is 0.273 e. The highest BCUT2D eigenvalue weighted by Gasteiger charge is 2.28. The lowest BCUT2D eigenvalue weighted by molar-refractivity contribution is 0.0921. The number of hydrogen-bond acceptors (Lipinski definition) is 5. The van der Waals surface area contributed by atoms with Crippen LogP contribution in [0.3, 0.4) is 0 Å². The SMILES string of the molecule is CCc1[nH]nc(C(=O)NC2CCOC2)c1S(N)(=O)=O. The van der Waals surface area contributed by atoms with Gasteiger partial charge in [0.05, 0.1) is 18.3 Å². The second-order valence-electron chi connectivity index (χ2n) is 4.31. The minimum absolute atomic E-state index is 0.123. The monoisotopic (exact) mass is 288 g/mol. The van der Waals surface area contributed by atoms with Crippen molar-refractivity contribution < 1.29 is 17.9 Å². The van der Waals surface area contributed by atoms with E-state index in [0.717, 1.165) is 0 Å². The summed E-state index contributed by atoms with van der Waals surface area (Å²) in [6.45, 7) is 2.74. The molecule has 1 aliphatic heterocycles. The maximum Gasteiger partial charge on any atom is 0.273 e. The normalized spacial score (nSPS) is 19.6. The van der Waals surface area contributed by atoms with Gasteiger partial charge in [-0.3, -0.25) is 9.89 Å². The van der Waals surface area contributed by atoms with Crippen LogP contribution in [0.15, 0.2) is 4.90 Å². The van der Waals surface area contributed by atoms with E-state index in [2.05, 4.69) is 15.5 Å². The first-order valence-electron chi connectivity index (χ1n) is 5.92. The minimum Gasteiger partial charge on any atom is -0.379 e. The standard InChI is InChI=1S/C10H16N4O4S/c1-2-7-9(19(11,16)17)8(14-13-7)10(15)12-6-3-4-18-5-6/h6H,2-5H2,1H3,(H,12,15)(H,13,14)(H2,11,16,17). The number of nitrogens with one attached hydrogen (secondary N) is 2. The van der Waals surface area contributed by atoms with Crippen molar-refractivity contribution in [2.45, 2.75) is 30.7 Å². The van der Waals surface area contributed by atoms with E-state index in [4.69, 9.17) is 9.88 Å². The molecular weight excluding hydrogens is 272 g/mol. The zero-order valence-corrected chi connectivity index (χ0v) is 11.3. The first-order valence-corrected chi connectivity index (χ1v) is 7.46. The highest BCUT2D eigenvalue weighted by Crippen LogP contribution is 2.17. The number of aromatic amines is 1. The number of rotatable bonds is 4. The van der Waals surface area contributed by atoms with Gasteiger partial charge in [0.25, 0.3) is 5.91 Å². The average Bonchev–Trinajstić information content (AvgIpc) is 2.95. The van der Waals surface area contributed by atoms with Crippen LogP contribution in [0.5, 0.6) is 0 Å². The first-order chi connectivity index (χ1) is 8.93. The Balaban J connectivity index is 2.29. The predicted molar refractivity (Wildman–Crippen MR) is 66.0 cm³/mol. The fraction of sp³-hybridized carbons (Fsp3) is 0.600. The van der Waals surface area contributed by atoms with E-state index < -0.39 is 15.9 Å². The van der Waals surface area contributed by atoms with Crippen molar-refractivity contribution in [3.05, 3.63) is 11.4 Å². The van der Waals surface area contributed by atoms with Gasteiger partial charge in [0.1, 0.15) is 4.90 Å². The maximum absolute atomic E-state index is 12.0. The highest BCUT2D eigenvalue weighted by molar-refractivity contribution is 7.89. The Morgan fingerprint density at radius 1 is 1.63 bits per heavy atom. The molecule has 0 spiro atoms. The number of aryl methyl sites for hydroxylation is 1. The van der Waals surface area contributed by atoms with E-state index >= 15 is 0 Å². The molecule has 4 N–H and O–H groups in total. The zero-order chi connectivity index (χ0) is 14.0. The first kappa shape index (κ1) is 14.0. The van der Waals surface area contributed by atoms with Gasteiger partial charge in [0.15, 0.2) is 5.69 Å². The summed E-state index contributed by atoms with van der Waals surface area (Å²) >= 11 is 0. The molecule has 1 amide bonds. The number of H-pyrrole nitrogens is 1. The molecule has 0 saturated carbocycles. The lowest BCUT2D eigenvalue weighted by Crippen LogP contribution is -2.36. The van der Waals surface area contributed by atoms with Gasteiger partial charge >= 0.3 is 0 Å². The average molecular weight is 288 g/mol. The van der Waals surface area contributed by atoms with Crippen molar-refractivity contribution in [2.75, 3.05) is 13.2 Å². The largest absolute Gasteiger partial charge is 0.379 e. The van der Waals surface area contributed by atoms with Crippen molar-refractivity contribution in [3.8, 4) is 0 Å². The molecule has 1 fully saturated rings. The molecule has 0 bridgehead atoms. The quantitative estimate of drug-likeness (QED) is 0.664. The molecule has 0 radical (unpaired) electrons. The van der Waals surface area contributed by atoms with Crippen LogP contribution < -0.4 is 10.5 Å². The number of nitrogens with two attached hydrogens (primary N) is 1. The molecule has 1 atom stereocenters. The maximum atomic E-state index is 12.0. The molecule has 2 rings (SSSR count). The van der Waals surface area contributed by atoms with Crippen LogP contribution in [0.4, 0.5) is 0 Å². The number of nitrogens with zero attached hydrogens (tertiary/aromatic N) is 1. The fourth-order valence-electron chi connectivity index (χ4n) is 1.97. The highest BCUT2D eigenvalue weighted by atomic mass is 32.2. The van der Waals surface area contributed by atoms with Gasteiger partial charge in [-0.1, -0.05) is 6.92 Å². The molecule has 2 heterocycles. The summed E-state index contributed by atoms with van der Waals surface area (Å²) < 4.78 is 28.2. The van der Waals surface area contributed by atoms with Crippen LogP contribution >= 0.6 is 0 Å². The van der Waals surface area contributed by atoms with Crippen molar-refractivity contribution in [1.82, 2.24) is 15.5 Å². The zero-order valence-electron chi connectivity index (χ0n) is 10.5. The number of carbonyl (C=O) groups is 1. The molecule has 1 aromatic rings. The summed E-state index contributed by atoms with van der Waals surface area (Å²) in [5.41, 5.74) is 0.140. The second kappa shape index (κ2) is 5.27. The summed E-state index contributed by atoms with van der Waals surface area (Å²) in [6.07, 6.45) is 1.08. The lowest BCUT2D eigenvalue weighted by Gasteiger charge is -2.09. The van der Waals surface area contributed by atoms with Gasteiger partial charge in [-0.2, -0.15) is 5.10 Å². The molecule has 0 aliphatic carbocycles. The van der Waals surface area contributed by atoms with E-state index in [9.17, 15) is 13.2 Å². The van der Waals surface area contributed by atoms with Gasteiger partial charge in [0.2, 0.25) is 10.0 Å². The van der Waals surface area contributed by atoms with E-state index in [0.29, 0.717) is 31.7 Å². The molecule has 1 aliphatic rings. The van der Waals surface area contributed by atoms with E-state index in [1.807, 2.05) is 0 Å². The van der Waals surface area contributed by atoms with Crippen LogP contribution in [-0.4, -0.2) is 43.8 Å². The van der Waals surface area contributed by atoms with Crippen molar-refractivity contribution in [2.24, 2.45) is 5.14 Å². The van der Waals surface area contributed by atoms with Crippen LogP contribution in [0.2, 0.25) is 0 Å². The fourth-order valence-corrected chi connectivity index (χ4v) is 2.91. The Morgan fingerprint density at radius 3 is 2.89 bits per heavy atom. The Labute approximate surface area is 110 Å². The van der Waals surface area contributed by atoms with Gasteiger partial charge in [0, 0.05) is 6.61 Å². The Morgan fingerprint density at radius 2 is 2.37 bits per heavy atom. The molecule has 1 saturated heterocycles. The van der Waals surface area contributed by atoms with Crippen molar-refractivity contribution >= 4 is 15.9 Å². The van der Waals surface area contributed by atoms with Gasteiger partial charge in [-0.15, -0.1) is 0 Å². The number of primary sulfonamides is 1. The van der Waals surface area contributed by atoms with Crippen LogP contribution in [0, 0.1) is 0 Å². The lowest BCUT2D eigenvalue weighted by atomic mass is 10.2. The number of aromatic nitrogens is 2. The van der Waals surface area contributed by atoms with E-state index in [-0.39, 0.29) is 16.6 Å². The summed E-state index contributed by atoms with van der Waals surface area (Å²) in [5, 5.41) is 14.1. The summed E-state index contributed by atoms with van der Waals surface area (Å²) in [7, 11) is -4.00. The van der Waals surface area contributed by atoms with E-state index in [1.54, 1.807) is 6.92 Å². The van der Waals surface area contributed by atoms with Gasteiger partial charge in [-0.25, -0.2) is 13.6 Å². The number of ether oxygens (including phenoxy) is 1. The van der Waals surface area contributed by atoms with Gasteiger partial charge in [-0.05, 0) is 12.8 Å². The Bertz CT molecular complexity index is 574. The molecule has 106 valence electrons. The van der Waals surface area contributed by atoms with Crippen LogP contribution in [0.1, 0.15) is 29.5 Å². The number of carbonyl (C=O) groups excluding carboxylic acids is 1. The third kappa shape index (κ3) is 2.94. The minimum atomic E-state index is -4.00. The second-order valence-corrected chi connectivity index (χ2v) is 5.81. The number of hydrogen-bond donors (Lipinski definition) is 3. The summed E-state index contributed by atoms with van der Waals surface area (Å²) in [6, 6.07) is -0.123. The number of sulfonamides is 1. The molecule has 8 nitrogen and oxygen atoms in total. The molecule has 19 heavy (non-hydrogen) atoms. The van der Waals surface area contributed by atoms with Crippen molar-refractivity contribution in [3.63, 3.8) is 0 Å². The third-order valence-corrected chi connectivity index (χ3v) is 3.92. The third-order valence-electron chi connectivity index (χ3n) is 2.91. The van der Waals surface area contributed by atoms with E-state index in [1.165, 1.54) is 0 Å². The predicted octanol–water partition coefficient (Wildman–Crippen LogP) is -0.862. The summed E-state index contributed by atoms with van der Waals surface area (Å²) in [4.78, 5) is 11.8. The molecule has 9 heteroatoms. The molecule has 1 unspecified atom stereocenters. The van der Waals surface area contributed by atoms with Crippen LogP contribution in [0.25, 0.3) is 0 Å². The topological polar surface area (TPSA) is 127 Å².